The van der Waals surface area contributed by atoms with Crippen molar-refractivity contribution in [1.82, 2.24) is 19.4 Å². The summed E-state index contributed by atoms with van der Waals surface area (Å²) in [5.41, 5.74) is 2.91. The molecule has 2 aromatic rings. The molecule has 8 nitrogen and oxygen atoms in total. The summed E-state index contributed by atoms with van der Waals surface area (Å²) in [6.07, 6.45) is 11.3. The molecule has 36 heavy (non-hydrogen) atoms. The highest BCUT2D eigenvalue weighted by Crippen LogP contribution is 2.49. The van der Waals surface area contributed by atoms with Crippen molar-refractivity contribution in [1.29, 1.82) is 0 Å². The molecule has 1 aliphatic carbocycles. The summed E-state index contributed by atoms with van der Waals surface area (Å²) in [6.45, 7) is 1.45. The van der Waals surface area contributed by atoms with Crippen molar-refractivity contribution >= 4 is 17.4 Å². The molecule has 0 unspecified atom stereocenters. The van der Waals surface area contributed by atoms with Crippen LogP contribution in [0.1, 0.15) is 66.2 Å². The van der Waals surface area contributed by atoms with Crippen LogP contribution in [0.15, 0.2) is 47.5 Å². The van der Waals surface area contributed by atoms with Crippen LogP contribution in [0, 0.1) is 11.8 Å². The molecule has 0 radical (unpaired) electrons. The van der Waals surface area contributed by atoms with Gasteiger partial charge in [-0.2, -0.15) is 0 Å². The first kappa shape index (κ1) is 23.2. The van der Waals surface area contributed by atoms with Gasteiger partial charge in [-0.15, -0.1) is 0 Å². The van der Waals surface area contributed by atoms with Crippen molar-refractivity contribution in [2.45, 2.75) is 57.2 Å². The number of likely N-dealkylation sites (tertiary alicyclic amines) is 1. The Bertz CT molecular complexity index is 1260. The molecule has 0 spiro atoms. The molecule has 0 saturated carbocycles. The van der Waals surface area contributed by atoms with Crippen LogP contribution in [-0.4, -0.2) is 62.0 Å². The summed E-state index contributed by atoms with van der Waals surface area (Å²) in [5, 5.41) is 10.6. The van der Waals surface area contributed by atoms with Gasteiger partial charge in [-0.25, -0.2) is 0 Å². The standard InChI is InChI=1S/C28H32N4O4/c33-17-21-23-16-31-22(9-8-20(27(31)35)18-6-2-3-7-18)25(24(21)28(36)30-14-4-1-5-15-30)32(23)26(34)19-10-12-29-13-11-19/h6,8-13,21,23-25,33H,1-5,7,14-17H2/t21-,23-,24+,25+/m0/s1. The van der Waals surface area contributed by atoms with Crippen molar-refractivity contribution in [2.75, 3.05) is 19.7 Å². The number of nitrogens with zero attached hydrogens (tertiary/aromatic N) is 4. The zero-order valence-electron chi connectivity index (χ0n) is 20.4. The van der Waals surface area contributed by atoms with Gasteiger partial charge in [-0.1, -0.05) is 6.08 Å². The molecule has 3 aliphatic heterocycles. The lowest BCUT2D eigenvalue weighted by Crippen LogP contribution is -2.49. The van der Waals surface area contributed by atoms with Gasteiger partial charge in [0.05, 0.1) is 18.0 Å². The van der Waals surface area contributed by atoms with E-state index < -0.39 is 23.9 Å². The number of aliphatic hydroxyl groups is 1. The maximum atomic E-state index is 14.0. The van der Waals surface area contributed by atoms with Crippen molar-refractivity contribution in [3.05, 3.63) is 69.9 Å². The molecule has 5 heterocycles. The number of hydrogen-bond acceptors (Lipinski definition) is 5. The van der Waals surface area contributed by atoms with Gasteiger partial charge in [0.15, 0.2) is 0 Å². The summed E-state index contributed by atoms with van der Waals surface area (Å²) in [6, 6.07) is 6.10. The Balaban J connectivity index is 1.48. The Morgan fingerprint density at radius 2 is 1.81 bits per heavy atom. The largest absolute Gasteiger partial charge is 0.396 e. The second-order valence-electron chi connectivity index (χ2n) is 10.4. The summed E-state index contributed by atoms with van der Waals surface area (Å²) in [4.78, 5) is 49.2. The molecule has 8 heteroatoms. The Hall–Kier alpha value is -3.26. The lowest BCUT2D eigenvalue weighted by atomic mass is 9.85. The monoisotopic (exact) mass is 488 g/mol. The third kappa shape index (κ3) is 3.61. The lowest BCUT2D eigenvalue weighted by Gasteiger charge is -2.39. The summed E-state index contributed by atoms with van der Waals surface area (Å²) in [7, 11) is 0. The Labute approximate surface area is 210 Å². The third-order valence-corrected chi connectivity index (χ3v) is 8.55. The normalized spacial score (nSPS) is 27.1. The molecule has 0 aromatic carbocycles. The quantitative estimate of drug-likeness (QED) is 0.714. The van der Waals surface area contributed by atoms with E-state index in [1.165, 1.54) is 0 Å². The van der Waals surface area contributed by atoms with E-state index in [1.54, 1.807) is 34.0 Å². The number of carbonyl (C=O) groups is 2. The number of hydrogen-bond donors (Lipinski definition) is 1. The first-order valence-electron chi connectivity index (χ1n) is 13.2. The van der Waals surface area contributed by atoms with Crippen molar-refractivity contribution in [3.63, 3.8) is 0 Å². The number of aromatic nitrogens is 2. The van der Waals surface area contributed by atoms with E-state index in [9.17, 15) is 19.5 Å². The van der Waals surface area contributed by atoms with Crippen LogP contribution in [-0.2, 0) is 11.3 Å². The second kappa shape index (κ2) is 9.32. The molecule has 2 aromatic heterocycles. The topological polar surface area (TPSA) is 95.7 Å². The SMILES string of the molecule is O=C([C@@H]1[C@@H](CO)[C@@H]2Cn3c(ccc(C4=CCCC4)c3=O)[C@H]1N2C(=O)c1ccncc1)N1CCCCC1. The Morgan fingerprint density at radius 1 is 1.03 bits per heavy atom. The van der Waals surface area contributed by atoms with E-state index in [4.69, 9.17) is 0 Å². The van der Waals surface area contributed by atoms with Gasteiger partial charge in [-0.3, -0.25) is 19.4 Å². The Morgan fingerprint density at radius 3 is 2.50 bits per heavy atom. The number of pyridine rings is 2. The number of rotatable bonds is 4. The van der Waals surface area contributed by atoms with Crippen LogP contribution in [0.3, 0.4) is 0 Å². The van der Waals surface area contributed by atoms with E-state index in [0.717, 1.165) is 44.1 Å². The van der Waals surface area contributed by atoms with Crippen molar-refractivity contribution < 1.29 is 14.7 Å². The number of fused-ring (bicyclic) bond motifs is 4. The van der Waals surface area contributed by atoms with Gasteiger partial charge < -0.3 is 19.5 Å². The van der Waals surface area contributed by atoms with E-state index in [2.05, 4.69) is 11.1 Å². The Kier molecular flexibility index (Phi) is 5.99. The fraction of sp³-hybridized carbons (Fsp3) is 0.500. The molecule has 1 N–H and O–H groups in total. The van der Waals surface area contributed by atoms with Gasteiger partial charge in [0.1, 0.15) is 0 Å². The number of carbonyl (C=O) groups excluding carboxylic acids is 2. The van der Waals surface area contributed by atoms with Gasteiger partial charge in [-0.05, 0) is 68.4 Å². The van der Waals surface area contributed by atoms with Crippen LogP contribution >= 0.6 is 0 Å². The highest BCUT2D eigenvalue weighted by atomic mass is 16.3. The smallest absolute Gasteiger partial charge is 0.258 e. The zero-order chi connectivity index (χ0) is 24.8. The van der Waals surface area contributed by atoms with E-state index >= 15 is 0 Å². The molecule has 2 saturated heterocycles. The van der Waals surface area contributed by atoms with E-state index in [1.807, 2.05) is 17.0 Å². The summed E-state index contributed by atoms with van der Waals surface area (Å²) < 4.78 is 1.77. The van der Waals surface area contributed by atoms with Gasteiger partial charge in [0.2, 0.25) is 5.91 Å². The fourth-order valence-electron chi connectivity index (χ4n) is 6.79. The third-order valence-electron chi connectivity index (χ3n) is 8.55. The van der Waals surface area contributed by atoms with Crippen LogP contribution in [0.5, 0.6) is 0 Å². The minimum Gasteiger partial charge on any atom is -0.396 e. The molecule has 6 rings (SSSR count). The van der Waals surface area contributed by atoms with E-state index in [-0.39, 0.29) is 30.5 Å². The second-order valence-corrected chi connectivity index (χ2v) is 10.4. The minimum atomic E-state index is -0.602. The predicted octanol–water partition coefficient (Wildman–Crippen LogP) is 2.63. The van der Waals surface area contributed by atoms with Gasteiger partial charge in [0.25, 0.3) is 11.5 Å². The molecule has 2 fully saturated rings. The molecular weight excluding hydrogens is 456 g/mol. The predicted molar refractivity (Wildman–Crippen MR) is 134 cm³/mol. The maximum Gasteiger partial charge on any atom is 0.258 e. The number of amides is 2. The number of piperidine rings is 1. The fourth-order valence-corrected chi connectivity index (χ4v) is 6.79. The molecule has 4 atom stereocenters. The van der Waals surface area contributed by atoms with E-state index in [0.29, 0.717) is 29.9 Å². The molecular formula is C28H32N4O4. The number of aliphatic hydroxyl groups excluding tert-OH is 1. The van der Waals surface area contributed by atoms with Crippen LogP contribution in [0.4, 0.5) is 0 Å². The van der Waals surface area contributed by atoms with Crippen LogP contribution < -0.4 is 5.56 Å². The molecule has 2 bridgehead atoms. The first-order chi connectivity index (χ1) is 17.6. The maximum absolute atomic E-state index is 14.0. The van der Waals surface area contributed by atoms with Crippen molar-refractivity contribution in [2.24, 2.45) is 11.8 Å². The average Bonchev–Trinajstić information content (AvgIpc) is 3.53. The average molecular weight is 489 g/mol. The highest BCUT2D eigenvalue weighted by Gasteiger charge is 2.58. The lowest BCUT2D eigenvalue weighted by molar-refractivity contribution is -0.139. The molecule has 4 aliphatic rings. The highest BCUT2D eigenvalue weighted by molar-refractivity contribution is 5.96. The van der Waals surface area contributed by atoms with Crippen molar-refractivity contribution in [3.8, 4) is 0 Å². The minimum absolute atomic E-state index is 0.0164. The first-order valence-corrected chi connectivity index (χ1v) is 13.2. The zero-order valence-corrected chi connectivity index (χ0v) is 20.4. The van der Waals surface area contributed by atoms with Crippen LogP contribution in [0.2, 0.25) is 0 Å². The summed E-state index contributed by atoms with van der Waals surface area (Å²) in [5.74, 6) is -1.24. The van der Waals surface area contributed by atoms with Crippen LogP contribution in [0.25, 0.3) is 5.57 Å². The van der Waals surface area contributed by atoms with Gasteiger partial charge in [0, 0.05) is 61.4 Å². The summed E-state index contributed by atoms with van der Waals surface area (Å²) >= 11 is 0. The van der Waals surface area contributed by atoms with Gasteiger partial charge >= 0.3 is 0 Å². The number of allylic oxidation sites excluding steroid dienone is 2. The molecule has 2 amide bonds. The molecule has 188 valence electrons.